The molecule has 1 unspecified atom stereocenters. The van der Waals surface area contributed by atoms with Crippen molar-refractivity contribution in [3.05, 3.63) is 0 Å². The molecule has 0 aliphatic carbocycles. The molecule has 0 aliphatic rings. The van der Waals surface area contributed by atoms with Gasteiger partial charge in [0.2, 0.25) is 0 Å². The average Bonchev–Trinajstić information content (AvgIpc) is 2.10. The predicted octanol–water partition coefficient (Wildman–Crippen LogP) is 2.27. The summed E-state index contributed by atoms with van der Waals surface area (Å²) in [6.45, 7) is 7.36. The van der Waals surface area contributed by atoms with E-state index < -0.39 is 0 Å². The maximum atomic E-state index is 8.74. The number of nitrogens with zero attached hydrogens (tertiary/aromatic N) is 1. The van der Waals surface area contributed by atoms with Crippen LogP contribution < -0.4 is 5.32 Å². The van der Waals surface area contributed by atoms with Gasteiger partial charge in [-0.3, -0.25) is 0 Å². The van der Waals surface area contributed by atoms with E-state index in [1.165, 1.54) is 5.75 Å². The minimum Gasteiger partial charge on any atom is -0.302 e. The molecular weight excluding hydrogens is 180 g/mol. The van der Waals surface area contributed by atoms with Crippen molar-refractivity contribution in [3.63, 3.8) is 0 Å². The van der Waals surface area contributed by atoms with Crippen LogP contribution in [-0.2, 0) is 0 Å². The van der Waals surface area contributed by atoms with E-state index in [2.05, 4.69) is 25.2 Å². The van der Waals surface area contributed by atoms with Crippen molar-refractivity contribution in [3.8, 4) is 6.07 Å². The van der Waals surface area contributed by atoms with Gasteiger partial charge in [-0.25, -0.2) is 0 Å². The van der Waals surface area contributed by atoms with Crippen LogP contribution in [0.3, 0.4) is 0 Å². The Hall–Kier alpha value is -0.200. The summed E-state index contributed by atoms with van der Waals surface area (Å²) >= 11 is 1.94. The Labute approximate surface area is 86.1 Å². The molecule has 13 heavy (non-hydrogen) atoms. The molecule has 1 N–H and O–H groups in total. The van der Waals surface area contributed by atoms with Gasteiger partial charge in [-0.05, 0) is 30.4 Å². The van der Waals surface area contributed by atoms with E-state index in [0.717, 1.165) is 24.6 Å². The number of hydrogen-bond acceptors (Lipinski definition) is 3. The Morgan fingerprint density at radius 3 is 2.62 bits per heavy atom. The van der Waals surface area contributed by atoms with Crippen LogP contribution in [0.4, 0.5) is 0 Å². The van der Waals surface area contributed by atoms with Crippen molar-refractivity contribution in [1.29, 1.82) is 5.26 Å². The number of thioether (sulfide) groups is 1. The fourth-order valence-corrected chi connectivity index (χ4v) is 2.02. The van der Waals surface area contributed by atoms with Gasteiger partial charge in [0, 0.05) is 0 Å². The lowest BCUT2D eigenvalue weighted by atomic mass is 10.2. The van der Waals surface area contributed by atoms with Crippen molar-refractivity contribution in [2.45, 2.75) is 33.2 Å². The molecule has 2 nitrogen and oxygen atoms in total. The highest BCUT2D eigenvalue weighted by atomic mass is 32.2. The topological polar surface area (TPSA) is 35.8 Å². The number of hydrogen-bond donors (Lipinski definition) is 1. The van der Waals surface area contributed by atoms with E-state index in [-0.39, 0.29) is 6.04 Å². The molecule has 0 radical (unpaired) electrons. The quantitative estimate of drug-likeness (QED) is 0.640. The van der Waals surface area contributed by atoms with Crippen LogP contribution in [0.25, 0.3) is 0 Å². The minimum absolute atomic E-state index is 0.0460. The summed E-state index contributed by atoms with van der Waals surface area (Å²) < 4.78 is 0. The Morgan fingerprint density at radius 1 is 1.46 bits per heavy atom. The molecule has 0 aromatic carbocycles. The van der Waals surface area contributed by atoms with Crippen LogP contribution in [0.5, 0.6) is 0 Å². The maximum Gasteiger partial charge on any atom is 0.0960 e. The summed E-state index contributed by atoms with van der Waals surface area (Å²) in [5.41, 5.74) is 0. The molecule has 0 fully saturated rings. The SMILES string of the molecule is CCNC(C#N)CCSCC(C)C. The Kier molecular flexibility index (Phi) is 8.27. The van der Waals surface area contributed by atoms with Crippen molar-refractivity contribution in [2.75, 3.05) is 18.1 Å². The summed E-state index contributed by atoms with van der Waals surface area (Å²) in [7, 11) is 0. The zero-order chi connectivity index (χ0) is 10.1. The lowest BCUT2D eigenvalue weighted by molar-refractivity contribution is 0.612. The van der Waals surface area contributed by atoms with Crippen molar-refractivity contribution in [2.24, 2.45) is 5.92 Å². The zero-order valence-corrected chi connectivity index (χ0v) is 9.66. The molecule has 0 saturated heterocycles. The van der Waals surface area contributed by atoms with Gasteiger partial charge in [0.1, 0.15) is 0 Å². The third-order valence-corrected chi connectivity index (χ3v) is 3.04. The van der Waals surface area contributed by atoms with Crippen molar-refractivity contribution < 1.29 is 0 Å². The molecule has 0 aliphatic heterocycles. The third-order valence-electron chi connectivity index (χ3n) is 1.61. The van der Waals surface area contributed by atoms with Crippen molar-refractivity contribution in [1.82, 2.24) is 5.32 Å². The highest BCUT2D eigenvalue weighted by Gasteiger charge is 2.04. The van der Waals surface area contributed by atoms with E-state index in [4.69, 9.17) is 5.26 Å². The van der Waals surface area contributed by atoms with E-state index in [1.807, 2.05) is 18.7 Å². The minimum atomic E-state index is 0.0460. The Morgan fingerprint density at radius 2 is 2.15 bits per heavy atom. The maximum absolute atomic E-state index is 8.74. The van der Waals surface area contributed by atoms with Gasteiger partial charge >= 0.3 is 0 Å². The number of nitriles is 1. The highest BCUT2D eigenvalue weighted by Crippen LogP contribution is 2.09. The molecular formula is C10H20N2S. The van der Waals surface area contributed by atoms with E-state index in [9.17, 15) is 0 Å². The second-order valence-electron chi connectivity index (χ2n) is 3.50. The van der Waals surface area contributed by atoms with E-state index >= 15 is 0 Å². The second kappa shape index (κ2) is 8.40. The van der Waals surface area contributed by atoms with Crippen LogP contribution in [0.1, 0.15) is 27.2 Å². The van der Waals surface area contributed by atoms with Crippen LogP contribution in [0, 0.1) is 17.2 Å². The normalized spacial score (nSPS) is 12.8. The first kappa shape index (κ1) is 12.8. The molecule has 76 valence electrons. The molecule has 0 rings (SSSR count). The third kappa shape index (κ3) is 8.14. The average molecular weight is 200 g/mol. The van der Waals surface area contributed by atoms with Gasteiger partial charge < -0.3 is 5.32 Å². The fourth-order valence-electron chi connectivity index (χ4n) is 0.979. The molecule has 3 heteroatoms. The highest BCUT2D eigenvalue weighted by molar-refractivity contribution is 7.99. The molecule has 0 aromatic heterocycles. The second-order valence-corrected chi connectivity index (χ2v) is 4.65. The molecule has 0 spiro atoms. The number of rotatable bonds is 7. The van der Waals surface area contributed by atoms with Crippen molar-refractivity contribution >= 4 is 11.8 Å². The molecule has 1 atom stereocenters. The van der Waals surface area contributed by atoms with Crippen LogP contribution in [0.15, 0.2) is 0 Å². The monoisotopic (exact) mass is 200 g/mol. The summed E-state index contributed by atoms with van der Waals surface area (Å²) in [4.78, 5) is 0. The lowest BCUT2D eigenvalue weighted by Crippen LogP contribution is -2.27. The van der Waals surface area contributed by atoms with Gasteiger partial charge in [-0.15, -0.1) is 0 Å². The predicted molar refractivity (Wildman–Crippen MR) is 59.9 cm³/mol. The van der Waals surface area contributed by atoms with Gasteiger partial charge in [-0.1, -0.05) is 20.8 Å². The first-order valence-corrected chi connectivity index (χ1v) is 6.06. The fraction of sp³-hybridized carbons (Fsp3) is 0.900. The van der Waals surface area contributed by atoms with Gasteiger partial charge in [0.25, 0.3) is 0 Å². The van der Waals surface area contributed by atoms with Crippen LogP contribution in [0.2, 0.25) is 0 Å². The van der Waals surface area contributed by atoms with E-state index in [0.29, 0.717) is 0 Å². The van der Waals surface area contributed by atoms with Crippen LogP contribution in [-0.4, -0.2) is 24.1 Å². The molecule has 0 amide bonds. The molecule has 0 heterocycles. The van der Waals surface area contributed by atoms with Crippen LogP contribution >= 0.6 is 11.8 Å². The standard InChI is InChI=1S/C10H20N2S/c1-4-12-10(7-11)5-6-13-8-9(2)3/h9-10,12H,4-6,8H2,1-3H3. The smallest absolute Gasteiger partial charge is 0.0960 e. The largest absolute Gasteiger partial charge is 0.302 e. The molecule has 0 saturated carbocycles. The molecule has 0 aromatic rings. The number of nitrogens with one attached hydrogen (secondary N) is 1. The summed E-state index contributed by atoms with van der Waals surface area (Å²) in [6.07, 6.45) is 0.960. The van der Waals surface area contributed by atoms with Gasteiger partial charge in [-0.2, -0.15) is 17.0 Å². The Balaban J connectivity index is 3.34. The van der Waals surface area contributed by atoms with Gasteiger partial charge in [0.15, 0.2) is 0 Å². The van der Waals surface area contributed by atoms with Gasteiger partial charge in [0.05, 0.1) is 12.1 Å². The Bertz CT molecular complexity index is 151. The molecule has 0 bridgehead atoms. The summed E-state index contributed by atoms with van der Waals surface area (Å²) in [6, 6.07) is 2.31. The lowest BCUT2D eigenvalue weighted by Gasteiger charge is -2.09. The summed E-state index contributed by atoms with van der Waals surface area (Å²) in [5.74, 6) is 3.04. The first-order chi connectivity index (χ1) is 6.20. The summed E-state index contributed by atoms with van der Waals surface area (Å²) in [5, 5.41) is 11.9. The zero-order valence-electron chi connectivity index (χ0n) is 8.84. The van der Waals surface area contributed by atoms with E-state index in [1.54, 1.807) is 0 Å². The first-order valence-electron chi connectivity index (χ1n) is 4.91.